The van der Waals surface area contributed by atoms with Gasteiger partial charge in [-0.1, -0.05) is 6.07 Å². The van der Waals surface area contributed by atoms with E-state index in [0.29, 0.717) is 24.9 Å². The largest absolute Gasteiger partial charge is 0.441 e. The molecule has 0 spiro atoms. The van der Waals surface area contributed by atoms with Crippen LogP contribution in [0, 0.1) is 11.6 Å². The summed E-state index contributed by atoms with van der Waals surface area (Å²) < 4.78 is 32.4. The van der Waals surface area contributed by atoms with Crippen LogP contribution in [0.4, 0.5) is 8.78 Å². The number of amides is 1. The van der Waals surface area contributed by atoms with Gasteiger partial charge < -0.3 is 9.32 Å². The Morgan fingerprint density at radius 2 is 2.15 bits per heavy atom. The molecule has 0 saturated heterocycles. The third kappa shape index (κ3) is 4.24. The summed E-state index contributed by atoms with van der Waals surface area (Å²) in [5, 5.41) is 2.01. The molecule has 0 radical (unpaired) electrons. The van der Waals surface area contributed by atoms with Crippen molar-refractivity contribution in [3.63, 3.8) is 0 Å². The summed E-state index contributed by atoms with van der Waals surface area (Å²) in [6.45, 7) is 0.638. The molecule has 1 aromatic carbocycles. The number of carbonyl (C=O) groups excluding carboxylic acids is 1. The Morgan fingerprint density at radius 3 is 2.85 bits per heavy atom. The lowest BCUT2D eigenvalue weighted by molar-refractivity contribution is -0.132. The third-order valence-corrected chi connectivity index (χ3v) is 5.38. The van der Waals surface area contributed by atoms with E-state index in [1.54, 1.807) is 11.3 Å². The Hall–Kier alpha value is -2.54. The normalized spacial score (nSPS) is 13.7. The van der Waals surface area contributed by atoms with Gasteiger partial charge in [0.2, 0.25) is 5.91 Å². The average Bonchev–Trinajstić information content (AvgIpc) is 3.15. The molecule has 2 heterocycles. The fraction of sp³-hybridized carbons (Fsp3) is 0.300. The molecule has 0 atom stereocenters. The van der Waals surface area contributed by atoms with Crippen LogP contribution >= 0.6 is 11.3 Å². The number of hydrogen-bond acceptors (Lipinski definition) is 4. The van der Waals surface area contributed by atoms with Gasteiger partial charge in [-0.3, -0.25) is 4.79 Å². The summed E-state index contributed by atoms with van der Waals surface area (Å²) in [7, 11) is 0. The van der Waals surface area contributed by atoms with E-state index < -0.39 is 11.6 Å². The van der Waals surface area contributed by atoms with Gasteiger partial charge in [0.1, 0.15) is 11.6 Å². The Balaban J connectivity index is 1.39. The smallest absolute Gasteiger partial charge is 0.223 e. The molecule has 1 aliphatic carbocycles. The van der Waals surface area contributed by atoms with Gasteiger partial charge in [0.15, 0.2) is 11.7 Å². The molecular formula is C20H18F2N2O2S. The zero-order chi connectivity index (χ0) is 18.8. The predicted molar refractivity (Wildman–Crippen MR) is 98.1 cm³/mol. The average molecular weight is 388 g/mol. The Bertz CT molecular complexity index is 935. The maximum Gasteiger partial charge on any atom is 0.223 e. The molecule has 1 aliphatic rings. The van der Waals surface area contributed by atoms with Crippen molar-refractivity contribution in [2.75, 3.05) is 0 Å². The second kappa shape index (κ2) is 7.60. The number of halogens is 2. The molecule has 0 bridgehead atoms. The van der Waals surface area contributed by atoms with Crippen molar-refractivity contribution in [1.29, 1.82) is 0 Å². The van der Waals surface area contributed by atoms with Crippen LogP contribution in [0.15, 0.2) is 46.3 Å². The first kappa shape index (κ1) is 17.9. The quantitative estimate of drug-likeness (QED) is 0.584. The molecule has 0 N–H and O–H groups in total. The van der Waals surface area contributed by atoms with Crippen LogP contribution in [0.5, 0.6) is 0 Å². The molecule has 2 aromatic heterocycles. The Labute approximate surface area is 159 Å². The van der Waals surface area contributed by atoms with Crippen molar-refractivity contribution in [1.82, 2.24) is 9.88 Å². The molecule has 1 saturated carbocycles. The topological polar surface area (TPSA) is 46.3 Å². The minimum Gasteiger partial charge on any atom is -0.441 e. The fourth-order valence-corrected chi connectivity index (χ4v) is 3.68. The molecule has 0 unspecified atom stereocenters. The van der Waals surface area contributed by atoms with Crippen LogP contribution in [0.25, 0.3) is 11.3 Å². The molecule has 140 valence electrons. The van der Waals surface area contributed by atoms with Gasteiger partial charge >= 0.3 is 0 Å². The highest BCUT2D eigenvalue weighted by Crippen LogP contribution is 2.30. The first-order chi connectivity index (χ1) is 13.1. The summed E-state index contributed by atoms with van der Waals surface area (Å²) >= 11 is 1.64. The second-order valence-electron chi connectivity index (χ2n) is 6.57. The van der Waals surface area contributed by atoms with Gasteiger partial charge in [0.25, 0.3) is 0 Å². The summed E-state index contributed by atoms with van der Waals surface area (Å²) in [5.74, 6) is -0.683. The summed E-state index contributed by atoms with van der Waals surface area (Å²) in [5.41, 5.74) is 0.152. The van der Waals surface area contributed by atoms with Crippen LogP contribution in [0.3, 0.4) is 0 Å². The van der Waals surface area contributed by atoms with Crippen LogP contribution in [-0.4, -0.2) is 21.8 Å². The van der Waals surface area contributed by atoms with Crippen LogP contribution in [0.2, 0.25) is 0 Å². The second-order valence-corrected chi connectivity index (χ2v) is 7.61. The van der Waals surface area contributed by atoms with Gasteiger partial charge in [-0.25, -0.2) is 13.8 Å². The standard InChI is InChI=1S/C20H18F2N2O2S/c21-13-3-6-16(17(22)10-13)18-11-23-19(26-18)7-8-20(25)24(14-4-5-14)12-15-2-1-9-27-15/h1-3,6,9-11,14H,4-5,7-8,12H2. The first-order valence-corrected chi connectivity index (χ1v) is 9.70. The van der Waals surface area contributed by atoms with E-state index in [4.69, 9.17) is 4.42 Å². The molecule has 1 amide bonds. The van der Waals surface area contributed by atoms with Gasteiger partial charge in [0, 0.05) is 29.8 Å². The minimum absolute atomic E-state index is 0.0682. The number of aryl methyl sites for hydroxylation is 1. The van der Waals surface area contributed by atoms with Crippen LogP contribution < -0.4 is 0 Å². The SMILES string of the molecule is O=C(CCc1ncc(-c2ccc(F)cc2F)o1)N(Cc1cccs1)C1CC1. The van der Waals surface area contributed by atoms with Crippen molar-refractivity contribution in [3.05, 3.63) is 64.3 Å². The maximum absolute atomic E-state index is 13.9. The summed E-state index contributed by atoms with van der Waals surface area (Å²) in [6, 6.07) is 7.63. The number of hydrogen-bond donors (Lipinski definition) is 0. The van der Waals surface area contributed by atoms with E-state index in [1.807, 2.05) is 22.4 Å². The lowest BCUT2D eigenvalue weighted by Crippen LogP contribution is -2.32. The Morgan fingerprint density at radius 1 is 1.30 bits per heavy atom. The van der Waals surface area contributed by atoms with Gasteiger partial charge in [0.05, 0.1) is 18.3 Å². The number of nitrogens with zero attached hydrogens (tertiary/aromatic N) is 2. The number of oxazole rings is 1. The highest BCUT2D eigenvalue weighted by Gasteiger charge is 2.32. The van der Waals surface area contributed by atoms with E-state index in [-0.39, 0.29) is 23.7 Å². The zero-order valence-corrected chi connectivity index (χ0v) is 15.3. The number of rotatable bonds is 7. The molecule has 4 nitrogen and oxygen atoms in total. The van der Waals surface area contributed by atoms with Crippen molar-refractivity contribution >= 4 is 17.2 Å². The van der Waals surface area contributed by atoms with E-state index in [9.17, 15) is 13.6 Å². The van der Waals surface area contributed by atoms with Crippen molar-refractivity contribution in [2.45, 2.75) is 38.3 Å². The molecule has 3 aromatic rings. The number of carbonyl (C=O) groups is 1. The van der Waals surface area contributed by atoms with Crippen LogP contribution in [-0.2, 0) is 17.8 Å². The zero-order valence-electron chi connectivity index (χ0n) is 14.5. The van der Waals surface area contributed by atoms with Crippen molar-refractivity contribution in [3.8, 4) is 11.3 Å². The maximum atomic E-state index is 13.9. The predicted octanol–water partition coefficient (Wildman–Crippen LogP) is 4.81. The fourth-order valence-electron chi connectivity index (χ4n) is 2.97. The molecule has 27 heavy (non-hydrogen) atoms. The van der Waals surface area contributed by atoms with Crippen LogP contribution in [0.1, 0.15) is 30.0 Å². The molecule has 0 aliphatic heterocycles. The van der Waals surface area contributed by atoms with E-state index in [2.05, 4.69) is 4.98 Å². The van der Waals surface area contributed by atoms with Gasteiger partial charge in [-0.15, -0.1) is 11.3 Å². The highest BCUT2D eigenvalue weighted by molar-refractivity contribution is 7.09. The number of thiophene rings is 1. The molecular weight excluding hydrogens is 370 g/mol. The lowest BCUT2D eigenvalue weighted by Gasteiger charge is -2.21. The van der Waals surface area contributed by atoms with Crippen molar-refractivity contribution < 1.29 is 18.0 Å². The van der Waals surface area contributed by atoms with Crippen molar-refractivity contribution in [2.24, 2.45) is 0 Å². The van der Waals surface area contributed by atoms with E-state index in [1.165, 1.54) is 23.2 Å². The third-order valence-electron chi connectivity index (χ3n) is 4.52. The summed E-state index contributed by atoms with van der Waals surface area (Å²) in [6.07, 6.45) is 4.12. The monoisotopic (exact) mass is 388 g/mol. The van der Waals surface area contributed by atoms with E-state index in [0.717, 1.165) is 18.9 Å². The molecule has 7 heteroatoms. The Kier molecular flexibility index (Phi) is 5.03. The number of benzene rings is 1. The first-order valence-electron chi connectivity index (χ1n) is 8.82. The minimum atomic E-state index is -0.704. The number of aromatic nitrogens is 1. The molecule has 4 rings (SSSR count). The highest BCUT2D eigenvalue weighted by atomic mass is 32.1. The van der Waals surface area contributed by atoms with Gasteiger partial charge in [-0.05, 0) is 36.4 Å². The summed E-state index contributed by atoms with van der Waals surface area (Å²) in [4.78, 5) is 19.9. The molecule has 1 fully saturated rings. The van der Waals surface area contributed by atoms with E-state index >= 15 is 0 Å². The lowest BCUT2D eigenvalue weighted by atomic mass is 10.2. The van der Waals surface area contributed by atoms with Gasteiger partial charge in [-0.2, -0.15) is 0 Å².